The Morgan fingerprint density at radius 2 is 1.35 bits per heavy atom. The molecule has 3 nitrogen and oxygen atoms in total. The molecule has 0 spiro atoms. The van der Waals surface area contributed by atoms with Gasteiger partial charge in [-0.25, -0.2) is 0 Å². The van der Waals surface area contributed by atoms with Crippen molar-refractivity contribution >= 4 is 21.8 Å². The van der Waals surface area contributed by atoms with Crippen LogP contribution in [-0.2, 0) is 25.7 Å². The Morgan fingerprint density at radius 3 is 2.24 bits per heavy atom. The first kappa shape index (κ1) is 22.5. The highest BCUT2D eigenvalue weighted by Crippen LogP contribution is 2.24. The van der Waals surface area contributed by atoms with Gasteiger partial charge in [-0.2, -0.15) is 0 Å². The number of benzene rings is 3. The van der Waals surface area contributed by atoms with E-state index >= 15 is 0 Å². The summed E-state index contributed by atoms with van der Waals surface area (Å²) in [5.41, 5.74) is 8.20. The van der Waals surface area contributed by atoms with E-state index in [0.717, 1.165) is 38.8 Å². The zero-order chi connectivity index (χ0) is 23.0. The molecule has 5 rings (SSSR count). The van der Waals surface area contributed by atoms with Crippen LogP contribution in [-0.4, -0.2) is 23.1 Å². The predicted octanol–water partition coefficient (Wildman–Crippen LogP) is 6.98. The van der Waals surface area contributed by atoms with Crippen molar-refractivity contribution in [2.45, 2.75) is 44.9 Å². The second-order valence-electron chi connectivity index (χ2n) is 9.31. The molecule has 0 aliphatic carbocycles. The van der Waals surface area contributed by atoms with Crippen molar-refractivity contribution in [3.8, 4) is 0 Å². The van der Waals surface area contributed by atoms with E-state index < -0.39 is 0 Å². The van der Waals surface area contributed by atoms with E-state index in [9.17, 15) is 0 Å². The lowest BCUT2D eigenvalue weighted by Gasteiger charge is -2.08. The topological polar surface area (TPSA) is 43.6 Å². The molecule has 0 amide bonds. The van der Waals surface area contributed by atoms with Crippen molar-refractivity contribution in [3.63, 3.8) is 0 Å². The number of aryl methyl sites for hydroxylation is 3. The lowest BCUT2D eigenvalue weighted by atomic mass is 10.0. The normalized spacial score (nSPS) is 11.5. The van der Waals surface area contributed by atoms with Crippen LogP contribution < -0.4 is 5.32 Å². The standard InChI is InChI=1S/C31H35N3/c1-2-11-24(12-3-1)13-10-21-32-22-20-28-27-16-6-9-19-30(27)34-31(28)18-8-5-15-26-23-25-14-4-7-17-29(25)33-26/h1-4,6-7,9,11-12,14,16-17,19,23,32-34H,5,8,10,13,15,18,20-22H2. The van der Waals surface area contributed by atoms with Crippen molar-refractivity contribution in [3.05, 3.63) is 107 Å². The molecule has 2 heterocycles. The third kappa shape index (κ3) is 5.60. The smallest absolute Gasteiger partial charge is 0.0458 e. The van der Waals surface area contributed by atoms with E-state index in [2.05, 4.69) is 100 Å². The fraction of sp³-hybridized carbons (Fsp3) is 0.290. The van der Waals surface area contributed by atoms with E-state index in [1.165, 1.54) is 63.6 Å². The van der Waals surface area contributed by atoms with Gasteiger partial charge >= 0.3 is 0 Å². The lowest BCUT2D eigenvalue weighted by Crippen LogP contribution is -2.19. The monoisotopic (exact) mass is 449 g/mol. The first-order valence-electron chi connectivity index (χ1n) is 12.8. The molecule has 3 aromatic carbocycles. The molecule has 0 bridgehead atoms. The minimum atomic E-state index is 1.03. The molecule has 0 saturated heterocycles. The Labute approximate surface area is 202 Å². The van der Waals surface area contributed by atoms with Gasteiger partial charge in [-0.15, -0.1) is 0 Å². The zero-order valence-electron chi connectivity index (χ0n) is 19.9. The Balaban J connectivity index is 1.12. The zero-order valence-corrected chi connectivity index (χ0v) is 19.9. The van der Waals surface area contributed by atoms with Crippen molar-refractivity contribution in [2.75, 3.05) is 13.1 Å². The molecule has 0 radical (unpaired) electrons. The molecule has 0 atom stereocenters. The Hall–Kier alpha value is -3.30. The summed E-state index contributed by atoms with van der Waals surface area (Å²) in [5, 5.41) is 6.37. The molecule has 0 saturated carbocycles. The SMILES string of the molecule is c1ccc(CCCNCCc2c(CCCCc3cc4ccccc4[nH]3)[nH]c3ccccc23)cc1. The molecule has 174 valence electrons. The van der Waals surface area contributed by atoms with Crippen LogP contribution >= 0.6 is 0 Å². The molecule has 5 aromatic rings. The number of rotatable bonds is 12. The van der Waals surface area contributed by atoms with Gasteiger partial charge in [-0.05, 0) is 92.7 Å². The highest BCUT2D eigenvalue weighted by Gasteiger charge is 2.11. The van der Waals surface area contributed by atoms with E-state index in [-0.39, 0.29) is 0 Å². The molecular formula is C31H35N3. The summed E-state index contributed by atoms with van der Waals surface area (Å²) >= 11 is 0. The quantitative estimate of drug-likeness (QED) is 0.177. The second-order valence-corrected chi connectivity index (χ2v) is 9.31. The summed E-state index contributed by atoms with van der Waals surface area (Å²) in [6, 6.07) is 30.4. The number of para-hydroxylation sites is 2. The van der Waals surface area contributed by atoms with Gasteiger partial charge in [-0.3, -0.25) is 0 Å². The first-order chi connectivity index (χ1) is 16.9. The highest BCUT2D eigenvalue weighted by molar-refractivity contribution is 5.84. The summed E-state index contributed by atoms with van der Waals surface area (Å²) < 4.78 is 0. The molecular weight excluding hydrogens is 414 g/mol. The van der Waals surface area contributed by atoms with Crippen LogP contribution in [0.15, 0.2) is 84.9 Å². The summed E-state index contributed by atoms with van der Waals surface area (Å²) in [6.45, 7) is 2.09. The van der Waals surface area contributed by atoms with Crippen molar-refractivity contribution < 1.29 is 0 Å². The largest absolute Gasteiger partial charge is 0.358 e. The molecule has 0 aliphatic heterocycles. The van der Waals surface area contributed by atoms with Gasteiger partial charge in [0.2, 0.25) is 0 Å². The van der Waals surface area contributed by atoms with Crippen LogP contribution in [0.25, 0.3) is 21.8 Å². The van der Waals surface area contributed by atoms with Gasteiger partial charge in [0.1, 0.15) is 0 Å². The molecule has 2 aromatic heterocycles. The van der Waals surface area contributed by atoms with Crippen LogP contribution in [0.3, 0.4) is 0 Å². The summed E-state index contributed by atoms with van der Waals surface area (Å²) in [7, 11) is 0. The van der Waals surface area contributed by atoms with Crippen molar-refractivity contribution in [1.29, 1.82) is 0 Å². The Morgan fingerprint density at radius 1 is 0.588 bits per heavy atom. The fourth-order valence-corrected chi connectivity index (χ4v) is 5.04. The molecule has 0 fully saturated rings. The van der Waals surface area contributed by atoms with Crippen molar-refractivity contribution in [2.24, 2.45) is 0 Å². The predicted molar refractivity (Wildman–Crippen MR) is 145 cm³/mol. The average molecular weight is 450 g/mol. The number of nitrogens with one attached hydrogen (secondary N) is 3. The van der Waals surface area contributed by atoms with Crippen LogP contribution in [0.5, 0.6) is 0 Å². The number of aromatic nitrogens is 2. The van der Waals surface area contributed by atoms with Gasteiger partial charge in [0.05, 0.1) is 0 Å². The van der Waals surface area contributed by atoms with Crippen LogP contribution in [0.4, 0.5) is 0 Å². The van der Waals surface area contributed by atoms with Gasteiger partial charge in [-0.1, -0.05) is 66.7 Å². The molecule has 0 aliphatic rings. The third-order valence-electron chi connectivity index (χ3n) is 6.82. The van der Waals surface area contributed by atoms with E-state index in [0.29, 0.717) is 0 Å². The minimum Gasteiger partial charge on any atom is -0.358 e. The van der Waals surface area contributed by atoms with Gasteiger partial charge in [0.15, 0.2) is 0 Å². The minimum absolute atomic E-state index is 1.03. The van der Waals surface area contributed by atoms with Crippen LogP contribution in [0, 0.1) is 0 Å². The van der Waals surface area contributed by atoms with E-state index in [1.807, 2.05) is 0 Å². The Bertz CT molecular complexity index is 1280. The summed E-state index contributed by atoms with van der Waals surface area (Å²) in [4.78, 5) is 7.29. The fourth-order valence-electron chi connectivity index (χ4n) is 5.04. The van der Waals surface area contributed by atoms with Gasteiger partial charge in [0.25, 0.3) is 0 Å². The van der Waals surface area contributed by atoms with E-state index in [1.54, 1.807) is 0 Å². The van der Waals surface area contributed by atoms with Gasteiger partial charge in [0, 0.05) is 27.8 Å². The lowest BCUT2D eigenvalue weighted by molar-refractivity contribution is 0.644. The number of aromatic amines is 2. The molecule has 3 N–H and O–H groups in total. The maximum atomic E-state index is 3.72. The van der Waals surface area contributed by atoms with Gasteiger partial charge < -0.3 is 15.3 Å². The number of fused-ring (bicyclic) bond motifs is 2. The molecule has 3 heteroatoms. The molecule has 0 unspecified atom stereocenters. The maximum Gasteiger partial charge on any atom is 0.0458 e. The van der Waals surface area contributed by atoms with Crippen LogP contribution in [0.2, 0.25) is 0 Å². The Kier molecular flexibility index (Phi) is 7.42. The number of hydrogen-bond donors (Lipinski definition) is 3. The second kappa shape index (κ2) is 11.2. The highest BCUT2D eigenvalue weighted by atomic mass is 14.8. The van der Waals surface area contributed by atoms with Crippen LogP contribution in [0.1, 0.15) is 41.8 Å². The third-order valence-corrected chi connectivity index (χ3v) is 6.82. The number of H-pyrrole nitrogens is 2. The number of hydrogen-bond acceptors (Lipinski definition) is 1. The van der Waals surface area contributed by atoms with E-state index in [4.69, 9.17) is 0 Å². The van der Waals surface area contributed by atoms with Crippen molar-refractivity contribution in [1.82, 2.24) is 15.3 Å². The number of unbranched alkanes of at least 4 members (excludes halogenated alkanes) is 1. The maximum absolute atomic E-state index is 3.72. The summed E-state index contributed by atoms with van der Waals surface area (Å²) in [6.07, 6.45) is 8.00. The first-order valence-corrected chi connectivity index (χ1v) is 12.8. The molecule has 34 heavy (non-hydrogen) atoms. The average Bonchev–Trinajstić information content (AvgIpc) is 3.45. The summed E-state index contributed by atoms with van der Waals surface area (Å²) in [5.74, 6) is 0.